The van der Waals surface area contributed by atoms with Crippen LogP contribution in [0, 0.1) is 40.4 Å². The minimum atomic E-state index is 0.888. The van der Waals surface area contributed by atoms with Gasteiger partial charge in [-0.05, 0) is 93.0 Å². The van der Waals surface area contributed by atoms with Crippen molar-refractivity contribution >= 4 is 33.4 Å². The number of rotatable bonds is 4. The molecule has 36 heavy (non-hydrogen) atoms. The van der Waals surface area contributed by atoms with Crippen LogP contribution in [0.2, 0.25) is 0 Å². The van der Waals surface area contributed by atoms with Crippen molar-refractivity contribution in [2.75, 3.05) is 14.2 Å². The molecular formula is C32H20O2S2. The van der Waals surface area contributed by atoms with Crippen LogP contribution in [-0.4, -0.2) is 14.2 Å². The first-order chi connectivity index (χ1) is 17.7. The fraction of sp³-hybridized carbons (Fsp3) is 0.0625. The molecule has 4 heteroatoms. The second-order valence-electron chi connectivity index (χ2n) is 9.24. The van der Waals surface area contributed by atoms with Crippen molar-refractivity contribution in [3.05, 3.63) is 125 Å². The predicted octanol–water partition coefficient (Wildman–Crippen LogP) is 8.09. The van der Waals surface area contributed by atoms with Gasteiger partial charge in [0.15, 0.2) is 0 Å². The third-order valence-electron chi connectivity index (χ3n) is 7.44. The number of hydrogen-bond acceptors (Lipinski definition) is 4. The van der Waals surface area contributed by atoms with Gasteiger partial charge >= 0.3 is 0 Å². The normalized spacial score (nSPS) is 12.2. The van der Waals surface area contributed by atoms with E-state index in [-0.39, 0.29) is 0 Å². The quantitative estimate of drug-likeness (QED) is 0.243. The van der Waals surface area contributed by atoms with Gasteiger partial charge < -0.3 is 9.47 Å². The van der Waals surface area contributed by atoms with Crippen molar-refractivity contribution in [3.8, 4) is 32.4 Å². The maximum atomic E-state index is 5.34. The first-order valence-electron chi connectivity index (χ1n) is 11.9. The van der Waals surface area contributed by atoms with Crippen LogP contribution in [0.4, 0.5) is 0 Å². The van der Waals surface area contributed by atoms with E-state index in [0.29, 0.717) is 0 Å². The highest BCUT2D eigenvalue weighted by atomic mass is 32.1. The first-order valence-corrected chi connectivity index (χ1v) is 13.5. The Kier molecular flexibility index (Phi) is 4.14. The number of methoxy groups -OCH3 is 2. The summed E-state index contributed by atoms with van der Waals surface area (Å²) < 4.78 is 13.4. The van der Waals surface area contributed by atoms with Crippen molar-refractivity contribution in [2.45, 2.75) is 0 Å². The molecule has 6 aromatic rings. The Morgan fingerprint density at radius 3 is 1.22 bits per heavy atom. The summed E-state index contributed by atoms with van der Waals surface area (Å²) in [6.45, 7) is 0. The minimum Gasteiger partial charge on any atom is -0.497 e. The molecule has 2 aromatic heterocycles. The third kappa shape index (κ3) is 2.66. The molecule has 0 atom stereocenters. The van der Waals surface area contributed by atoms with E-state index >= 15 is 0 Å². The average Bonchev–Trinajstić information content (AvgIpc) is 3.68. The fourth-order valence-electron chi connectivity index (χ4n) is 5.70. The van der Waals surface area contributed by atoms with E-state index in [1.807, 2.05) is 46.9 Å². The lowest BCUT2D eigenvalue weighted by atomic mass is 10.1. The summed E-state index contributed by atoms with van der Waals surface area (Å²) in [5, 5.41) is 11.0. The van der Waals surface area contributed by atoms with E-state index in [4.69, 9.17) is 9.47 Å². The molecule has 2 aliphatic rings. The molecule has 0 amide bonds. The smallest absolute Gasteiger partial charge is 0.118 e. The molecule has 8 rings (SSSR count). The molecule has 2 heterocycles. The van der Waals surface area contributed by atoms with Crippen LogP contribution in [0.3, 0.4) is 0 Å². The van der Waals surface area contributed by atoms with Gasteiger partial charge in [0.2, 0.25) is 0 Å². The van der Waals surface area contributed by atoms with E-state index in [9.17, 15) is 0 Å². The topological polar surface area (TPSA) is 18.5 Å². The highest BCUT2D eigenvalue weighted by Gasteiger charge is 2.16. The van der Waals surface area contributed by atoms with E-state index in [2.05, 4.69) is 60.7 Å². The average molecular weight is 501 g/mol. The number of fused-ring (bicyclic) bond motifs is 2. The van der Waals surface area contributed by atoms with Gasteiger partial charge in [0.05, 0.1) is 14.2 Å². The SMILES string of the molecule is COc1ccc(-c2cc3c(s2)=c2ccc4c5c(ccc=3c25)=c2cc(-c3ccc(OC)cc3)sc2=4)cc1. The molecule has 0 fully saturated rings. The van der Waals surface area contributed by atoms with E-state index in [0.717, 1.165) is 11.5 Å². The summed E-state index contributed by atoms with van der Waals surface area (Å²) in [6.07, 6.45) is 0. The zero-order valence-corrected chi connectivity index (χ0v) is 21.3. The van der Waals surface area contributed by atoms with Gasteiger partial charge in [0.1, 0.15) is 11.5 Å². The van der Waals surface area contributed by atoms with E-state index in [1.165, 1.54) is 72.0 Å². The number of hydrogen-bond donors (Lipinski definition) is 0. The summed E-state index contributed by atoms with van der Waals surface area (Å²) in [5.74, 6) is 1.78. The first kappa shape index (κ1) is 20.3. The van der Waals surface area contributed by atoms with Crippen LogP contribution in [0.25, 0.3) is 31.7 Å². The molecule has 0 N–H and O–H groups in total. The summed E-state index contributed by atoms with van der Waals surface area (Å²) in [4.78, 5) is 2.60. The van der Waals surface area contributed by atoms with Crippen molar-refractivity contribution < 1.29 is 9.47 Å². The Morgan fingerprint density at radius 2 is 0.833 bits per heavy atom. The lowest BCUT2D eigenvalue weighted by Crippen LogP contribution is -1.82. The molecule has 4 aromatic carbocycles. The number of benzene rings is 4. The van der Waals surface area contributed by atoms with Gasteiger partial charge in [-0.15, -0.1) is 22.7 Å². The van der Waals surface area contributed by atoms with Crippen molar-refractivity contribution in [2.24, 2.45) is 0 Å². The van der Waals surface area contributed by atoms with Gasteiger partial charge in [-0.1, -0.05) is 24.3 Å². The molecule has 0 saturated heterocycles. The standard InChI is InChI=1S/C32H20O2S2/c1-33-19-7-3-17(4-8-19)27-15-25-21-11-12-22-26-16-28(18-5-9-20(34-2)10-6-18)36-32(26)24-14-13-23(31(25)35-27)29(21)30(22)24/h3-16H,1-2H3. The number of ether oxygens (including phenoxy) is 2. The summed E-state index contributed by atoms with van der Waals surface area (Å²) >= 11 is 3.78. The lowest BCUT2D eigenvalue weighted by molar-refractivity contribution is 0.415. The number of thiophene rings is 2. The van der Waals surface area contributed by atoms with Crippen molar-refractivity contribution in [1.29, 1.82) is 0 Å². The second-order valence-corrected chi connectivity index (χ2v) is 11.3. The Hall–Kier alpha value is -3.86. The van der Waals surface area contributed by atoms with Crippen LogP contribution in [-0.2, 0) is 0 Å². The van der Waals surface area contributed by atoms with Crippen LogP contribution in [0.15, 0.2) is 84.9 Å². The van der Waals surface area contributed by atoms with Crippen LogP contribution in [0.5, 0.6) is 11.5 Å². The summed E-state index contributed by atoms with van der Waals surface area (Å²) in [5.41, 5.74) is 2.47. The van der Waals surface area contributed by atoms with Crippen LogP contribution >= 0.6 is 22.7 Å². The Labute approximate surface area is 214 Å². The molecular weight excluding hydrogens is 480 g/mol. The summed E-state index contributed by atoms with van der Waals surface area (Å²) in [7, 11) is 3.42. The Balaban J connectivity index is 1.38. The zero-order valence-electron chi connectivity index (χ0n) is 19.7. The molecule has 0 spiro atoms. The van der Waals surface area contributed by atoms with E-state index in [1.54, 1.807) is 14.2 Å². The third-order valence-corrected chi connectivity index (χ3v) is 9.88. The van der Waals surface area contributed by atoms with Gasteiger partial charge in [0.25, 0.3) is 0 Å². The second kappa shape index (κ2) is 7.33. The maximum Gasteiger partial charge on any atom is 0.118 e. The van der Waals surface area contributed by atoms with Gasteiger partial charge in [-0.2, -0.15) is 0 Å². The van der Waals surface area contributed by atoms with Crippen molar-refractivity contribution in [3.63, 3.8) is 0 Å². The molecule has 0 saturated carbocycles. The molecule has 0 radical (unpaired) electrons. The van der Waals surface area contributed by atoms with Crippen molar-refractivity contribution in [1.82, 2.24) is 0 Å². The molecule has 2 nitrogen and oxygen atoms in total. The van der Waals surface area contributed by atoms with E-state index < -0.39 is 0 Å². The monoisotopic (exact) mass is 500 g/mol. The maximum absolute atomic E-state index is 5.34. The molecule has 172 valence electrons. The summed E-state index contributed by atoms with van der Waals surface area (Å²) in [6, 6.07) is 30.8. The fourth-order valence-corrected chi connectivity index (χ4v) is 8.12. The molecule has 0 aliphatic heterocycles. The van der Waals surface area contributed by atoms with Gasteiger partial charge in [-0.3, -0.25) is 0 Å². The Bertz CT molecular complexity index is 1990. The van der Waals surface area contributed by atoms with Gasteiger partial charge in [-0.25, -0.2) is 0 Å². The molecule has 0 bridgehead atoms. The van der Waals surface area contributed by atoms with Gasteiger partial charge in [0, 0.05) is 39.7 Å². The zero-order chi connectivity index (χ0) is 24.0. The predicted molar refractivity (Wildman–Crippen MR) is 147 cm³/mol. The Morgan fingerprint density at radius 1 is 0.444 bits per heavy atom. The highest BCUT2D eigenvalue weighted by Crippen LogP contribution is 2.37. The highest BCUT2D eigenvalue weighted by molar-refractivity contribution is 7.14. The van der Waals surface area contributed by atoms with Crippen LogP contribution < -0.4 is 9.47 Å². The van der Waals surface area contributed by atoms with Crippen LogP contribution in [0.1, 0.15) is 0 Å². The minimum absolute atomic E-state index is 0.888. The molecule has 2 aliphatic carbocycles. The lowest BCUT2D eigenvalue weighted by Gasteiger charge is -2.02. The molecule has 0 unspecified atom stereocenters. The largest absolute Gasteiger partial charge is 0.497 e.